The minimum Gasteiger partial charge on any atom is -0.512 e. The summed E-state index contributed by atoms with van der Waals surface area (Å²) in [7, 11) is 0. The molecule has 0 aliphatic carbocycles. The van der Waals surface area contributed by atoms with Crippen molar-refractivity contribution < 1.29 is 24.9 Å². The first-order chi connectivity index (χ1) is 10.4. The van der Waals surface area contributed by atoms with Crippen LogP contribution in [0.25, 0.3) is 16.8 Å². The van der Waals surface area contributed by atoms with Crippen LogP contribution in [-0.4, -0.2) is 27.1 Å². The summed E-state index contributed by atoms with van der Waals surface area (Å²) in [6.07, 6.45) is 2.01. The van der Waals surface area contributed by atoms with Gasteiger partial charge in [0.2, 0.25) is 0 Å². The second-order valence-corrected chi connectivity index (χ2v) is 4.70. The van der Waals surface area contributed by atoms with Crippen LogP contribution in [0.3, 0.4) is 0 Å². The van der Waals surface area contributed by atoms with Gasteiger partial charge in [0.1, 0.15) is 17.1 Å². The van der Waals surface area contributed by atoms with Crippen molar-refractivity contribution in [1.82, 2.24) is 0 Å². The lowest BCUT2D eigenvalue weighted by molar-refractivity contribution is -0.114. The van der Waals surface area contributed by atoms with E-state index in [0.717, 1.165) is 6.08 Å². The first kappa shape index (κ1) is 15.3. The number of carbonyl (C=O) groups excluding carboxylic acids is 1. The fourth-order valence-electron chi connectivity index (χ4n) is 2.14. The van der Waals surface area contributed by atoms with E-state index in [1.807, 2.05) is 0 Å². The van der Waals surface area contributed by atoms with Crippen LogP contribution in [0.2, 0.25) is 0 Å². The van der Waals surface area contributed by atoms with E-state index in [4.69, 9.17) is 5.11 Å². The van der Waals surface area contributed by atoms with Gasteiger partial charge in [0.25, 0.3) is 0 Å². The van der Waals surface area contributed by atoms with Crippen LogP contribution in [0.15, 0.2) is 48.7 Å². The molecule has 0 bridgehead atoms. The molecule has 0 heterocycles. The molecule has 112 valence electrons. The van der Waals surface area contributed by atoms with Gasteiger partial charge >= 0.3 is 5.97 Å². The van der Waals surface area contributed by atoms with E-state index in [9.17, 15) is 19.8 Å². The van der Waals surface area contributed by atoms with Crippen LogP contribution in [-0.2, 0) is 4.79 Å². The number of phenols is 1. The third kappa shape index (κ3) is 2.98. The van der Waals surface area contributed by atoms with Gasteiger partial charge in [0.15, 0.2) is 5.78 Å². The summed E-state index contributed by atoms with van der Waals surface area (Å²) in [6.45, 7) is 3.31. The van der Waals surface area contributed by atoms with Gasteiger partial charge in [-0.2, -0.15) is 0 Å². The van der Waals surface area contributed by atoms with Crippen molar-refractivity contribution in [2.45, 2.75) is 6.42 Å². The number of aliphatic hydroxyl groups is 1. The standard InChI is InChI=1S/C17H14O5/c1-2-11(18)8-12(19)9-14-13-6-4-3-5-10(13)7-15(16(14)20)17(21)22/h2-7,9,19-20H,1,8H2,(H,21,22). The number of aliphatic hydroxyl groups excluding tert-OH is 1. The van der Waals surface area contributed by atoms with E-state index >= 15 is 0 Å². The van der Waals surface area contributed by atoms with Crippen molar-refractivity contribution >= 4 is 28.6 Å². The number of hydrogen-bond acceptors (Lipinski definition) is 4. The van der Waals surface area contributed by atoms with E-state index in [1.165, 1.54) is 12.1 Å². The molecule has 0 spiro atoms. The SMILES string of the molecule is C=CC(=O)CC(O)=Cc1c(O)c(C(=O)O)cc2ccccc12. The van der Waals surface area contributed by atoms with Gasteiger partial charge in [-0.15, -0.1) is 0 Å². The largest absolute Gasteiger partial charge is 0.512 e. The summed E-state index contributed by atoms with van der Waals surface area (Å²) >= 11 is 0. The Morgan fingerprint density at radius 1 is 1.18 bits per heavy atom. The van der Waals surface area contributed by atoms with Crippen LogP contribution in [0, 0.1) is 0 Å². The normalized spacial score (nSPS) is 11.4. The molecule has 0 saturated carbocycles. The molecule has 5 heteroatoms. The molecule has 2 aromatic carbocycles. The number of ketones is 1. The molecule has 0 unspecified atom stereocenters. The van der Waals surface area contributed by atoms with E-state index in [2.05, 4.69) is 6.58 Å². The Labute approximate surface area is 126 Å². The fraction of sp³-hybridized carbons (Fsp3) is 0.0588. The quantitative estimate of drug-likeness (QED) is 0.581. The van der Waals surface area contributed by atoms with Crippen molar-refractivity contribution in [2.75, 3.05) is 0 Å². The minimum absolute atomic E-state index is 0.157. The molecule has 2 aromatic rings. The van der Waals surface area contributed by atoms with Crippen LogP contribution in [0.4, 0.5) is 0 Å². The Morgan fingerprint density at radius 2 is 1.86 bits per heavy atom. The van der Waals surface area contributed by atoms with Crippen LogP contribution in [0.1, 0.15) is 22.3 Å². The van der Waals surface area contributed by atoms with E-state index in [-0.39, 0.29) is 29.1 Å². The van der Waals surface area contributed by atoms with E-state index in [1.54, 1.807) is 24.3 Å². The summed E-state index contributed by atoms with van der Waals surface area (Å²) in [5.74, 6) is -2.40. The van der Waals surface area contributed by atoms with E-state index < -0.39 is 11.7 Å². The molecular weight excluding hydrogens is 284 g/mol. The average Bonchev–Trinajstić information content (AvgIpc) is 2.49. The van der Waals surface area contributed by atoms with Crippen LogP contribution in [0.5, 0.6) is 5.75 Å². The molecule has 0 aliphatic heterocycles. The molecule has 3 N–H and O–H groups in total. The number of allylic oxidation sites excluding steroid dienone is 2. The van der Waals surface area contributed by atoms with Crippen molar-refractivity contribution in [3.05, 3.63) is 59.9 Å². The Kier molecular flexibility index (Phi) is 4.27. The third-order valence-corrected chi connectivity index (χ3v) is 3.19. The van der Waals surface area contributed by atoms with E-state index in [0.29, 0.717) is 10.8 Å². The number of hydrogen-bond donors (Lipinski definition) is 3. The topological polar surface area (TPSA) is 94.8 Å². The highest BCUT2D eigenvalue weighted by atomic mass is 16.4. The third-order valence-electron chi connectivity index (χ3n) is 3.19. The number of carboxylic acid groups (broad SMARTS) is 1. The minimum atomic E-state index is -1.28. The maximum atomic E-state index is 11.3. The Balaban J connectivity index is 2.67. The lowest BCUT2D eigenvalue weighted by Gasteiger charge is -2.09. The first-order valence-corrected chi connectivity index (χ1v) is 6.47. The second-order valence-electron chi connectivity index (χ2n) is 4.70. The van der Waals surface area contributed by atoms with Crippen LogP contribution < -0.4 is 0 Å². The monoisotopic (exact) mass is 298 g/mol. The van der Waals surface area contributed by atoms with Crippen molar-refractivity contribution in [2.24, 2.45) is 0 Å². The lowest BCUT2D eigenvalue weighted by Crippen LogP contribution is -1.99. The molecule has 0 aromatic heterocycles. The predicted octanol–water partition coefficient (Wildman–Crippen LogP) is 3.29. The number of rotatable bonds is 5. The first-order valence-electron chi connectivity index (χ1n) is 6.47. The van der Waals surface area contributed by atoms with Gasteiger partial charge in [-0.3, -0.25) is 4.79 Å². The molecule has 0 aliphatic rings. The Hall–Kier alpha value is -3.08. The number of benzene rings is 2. The maximum Gasteiger partial charge on any atom is 0.339 e. The van der Waals surface area contributed by atoms with Gasteiger partial charge in [-0.25, -0.2) is 4.79 Å². The highest BCUT2D eigenvalue weighted by Crippen LogP contribution is 2.33. The lowest BCUT2D eigenvalue weighted by atomic mass is 9.98. The number of fused-ring (bicyclic) bond motifs is 1. The number of carbonyl (C=O) groups is 2. The zero-order valence-corrected chi connectivity index (χ0v) is 11.6. The maximum absolute atomic E-state index is 11.3. The summed E-state index contributed by atoms with van der Waals surface area (Å²) in [5, 5.41) is 30.3. The number of aromatic hydroxyl groups is 1. The average molecular weight is 298 g/mol. The number of aromatic carboxylic acids is 1. The van der Waals surface area contributed by atoms with Gasteiger partial charge in [0.05, 0.1) is 6.42 Å². The Bertz CT molecular complexity index is 802. The van der Waals surface area contributed by atoms with Crippen molar-refractivity contribution in [1.29, 1.82) is 0 Å². The molecule has 0 atom stereocenters. The van der Waals surface area contributed by atoms with Crippen molar-refractivity contribution in [3.8, 4) is 5.75 Å². The van der Waals surface area contributed by atoms with Crippen molar-refractivity contribution in [3.63, 3.8) is 0 Å². The van der Waals surface area contributed by atoms with Gasteiger partial charge in [-0.05, 0) is 29.0 Å². The molecule has 0 amide bonds. The van der Waals surface area contributed by atoms with Gasteiger partial charge in [-0.1, -0.05) is 30.8 Å². The molecular formula is C17H14O5. The summed E-state index contributed by atoms with van der Waals surface area (Å²) < 4.78 is 0. The molecule has 22 heavy (non-hydrogen) atoms. The van der Waals surface area contributed by atoms with Crippen LogP contribution >= 0.6 is 0 Å². The zero-order chi connectivity index (χ0) is 16.3. The summed E-state index contributed by atoms with van der Waals surface area (Å²) in [4.78, 5) is 22.5. The molecule has 2 rings (SSSR count). The molecule has 5 nitrogen and oxygen atoms in total. The molecule has 0 fully saturated rings. The van der Waals surface area contributed by atoms with Gasteiger partial charge < -0.3 is 15.3 Å². The Morgan fingerprint density at radius 3 is 2.50 bits per heavy atom. The summed E-state index contributed by atoms with van der Waals surface area (Å²) in [6, 6.07) is 8.21. The fourth-order valence-corrected chi connectivity index (χ4v) is 2.14. The number of carboxylic acids is 1. The zero-order valence-electron chi connectivity index (χ0n) is 11.6. The second kappa shape index (κ2) is 6.13. The molecule has 0 radical (unpaired) electrons. The smallest absolute Gasteiger partial charge is 0.339 e. The van der Waals surface area contributed by atoms with Gasteiger partial charge in [0, 0.05) is 5.56 Å². The highest BCUT2D eigenvalue weighted by Gasteiger charge is 2.16. The summed E-state index contributed by atoms with van der Waals surface area (Å²) in [5.41, 5.74) is -0.113. The highest BCUT2D eigenvalue weighted by molar-refractivity contribution is 6.03. The predicted molar refractivity (Wildman–Crippen MR) is 83.0 cm³/mol. The molecule has 0 saturated heterocycles.